The van der Waals surface area contributed by atoms with Gasteiger partial charge in [0.2, 0.25) is 0 Å². The number of aryl methyl sites for hydroxylation is 1. The average Bonchev–Trinajstić information content (AvgIpc) is 2.37. The smallest absolute Gasteiger partial charge is 0.126 e. The number of hydrogen-bond acceptors (Lipinski definition) is 1. The molecule has 0 spiro atoms. The maximum Gasteiger partial charge on any atom is 0.126 e. The third kappa shape index (κ3) is 3.25. The average molecular weight is 387 g/mol. The molecule has 0 amide bonds. The van der Waals surface area contributed by atoms with Crippen LogP contribution in [0.2, 0.25) is 0 Å². The molecular weight excluding hydrogens is 373 g/mol. The molecule has 0 aliphatic rings. The minimum atomic E-state index is -0.175. The van der Waals surface area contributed by atoms with Crippen LogP contribution in [0.25, 0.3) is 0 Å². The molecule has 0 saturated carbocycles. The van der Waals surface area contributed by atoms with Gasteiger partial charge in [0.25, 0.3) is 0 Å². The normalized spacial score (nSPS) is 12.5. The monoisotopic (exact) mass is 385 g/mol. The Balaban J connectivity index is 2.46. The van der Waals surface area contributed by atoms with Gasteiger partial charge in [0.05, 0.1) is 6.04 Å². The standard InChI is InChI=1S/C15H14Br2FN/c1-9-3-4-10(7-14(9)18)15(19-2)12-6-5-11(16)8-13(12)17/h3-8,15,19H,1-2H3. The minimum Gasteiger partial charge on any atom is -0.309 e. The topological polar surface area (TPSA) is 12.0 Å². The number of benzene rings is 2. The van der Waals surface area contributed by atoms with Crippen molar-refractivity contribution in [2.24, 2.45) is 0 Å². The van der Waals surface area contributed by atoms with E-state index in [0.29, 0.717) is 5.56 Å². The molecule has 100 valence electrons. The molecule has 1 atom stereocenters. The van der Waals surface area contributed by atoms with Crippen LogP contribution in [0.5, 0.6) is 0 Å². The lowest BCUT2D eigenvalue weighted by Gasteiger charge is -2.19. The zero-order valence-corrected chi connectivity index (χ0v) is 13.8. The molecule has 1 N–H and O–H groups in total. The molecule has 0 heterocycles. The number of hydrogen-bond donors (Lipinski definition) is 1. The van der Waals surface area contributed by atoms with E-state index in [2.05, 4.69) is 37.2 Å². The molecule has 0 radical (unpaired) electrons. The van der Waals surface area contributed by atoms with Crippen molar-refractivity contribution in [3.8, 4) is 0 Å². The lowest BCUT2D eigenvalue weighted by atomic mass is 9.98. The molecule has 2 rings (SSSR count). The molecule has 0 fully saturated rings. The minimum absolute atomic E-state index is 0.0439. The van der Waals surface area contributed by atoms with E-state index in [0.717, 1.165) is 20.1 Å². The molecule has 0 aliphatic carbocycles. The lowest BCUT2D eigenvalue weighted by molar-refractivity contribution is 0.608. The maximum atomic E-state index is 13.7. The van der Waals surface area contributed by atoms with Gasteiger partial charge in [-0.15, -0.1) is 0 Å². The molecule has 1 nitrogen and oxygen atoms in total. The zero-order valence-electron chi connectivity index (χ0n) is 10.7. The summed E-state index contributed by atoms with van der Waals surface area (Å²) in [5.41, 5.74) is 2.65. The summed E-state index contributed by atoms with van der Waals surface area (Å²) >= 11 is 6.99. The highest BCUT2D eigenvalue weighted by Crippen LogP contribution is 2.31. The molecule has 0 bridgehead atoms. The van der Waals surface area contributed by atoms with Crippen molar-refractivity contribution in [1.82, 2.24) is 5.32 Å². The Bertz CT molecular complexity index is 599. The van der Waals surface area contributed by atoms with Crippen LogP contribution >= 0.6 is 31.9 Å². The maximum absolute atomic E-state index is 13.7. The number of nitrogens with one attached hydrogen (secondary N) is 1. The summed E-state index contributed by atoms with van der Waals surface area (Å²) in [4.78, 5) is 0. The Kier molecular flexibility index (Phi) is 4.76. The summed E-state index contributed by atoms with van der Waals surface area (Å²) in [6, 6.07) is 11.3. The van der Waals surface area contributed by atoms with Crippen molar-refractivity contribution in [3.05, 3.63) is 67.9 Å². The molecule has 19 heavy (non-hydrogen) atoms. The molecule has 2 aromatic rings. The van der Waals surface area contributed by atoms with Crippen LogP contribution < -0.4 is 5.32 Å². The summed E-state index contributed by atoms with van der Waals surface area (Å²) in [6.07, 6.45) is 0. The van der Waals surface area contributed by atoms with E-state index in [1.54, 1.807) is 13.0 Å². The van der Waals surface area contributed by atoms with Crippen molar-refractivity contribution < 1.29 is 4.39 Å². The number of rotatable bonds is 3. The predicted molar refractivity (Wildman–Crippen MR) is 83.9 cm³/mol. The first-order chi connectivity index (χ1) is 9.02. The van der Waals surface area contributed by atoms with Crippen LogP contribution in [-0.4, -0.2) is 7.05 Å². The van der Waals surface area contributed by atoms with Crippen molar-refractivity contribution in [2.45, 2.75) is 13.0 Å². The molecule has 4 heteroatoms. The van der Waals surface area contributed by atoms with E-state index in [9.17, 15) is 4.39 Å². The van der Waals surface area contributed by atoms with Crippen LogP contribution in [0.15, 0.2) is 45.3 Å². The Morgan fingerprint density at radius 1 is 1.11 bits per heavy atom. The highest BCUT2D eigenvalue weighted by Gasteiger charge is 2.16. The second-order valence-electron chi connectivity index (χ2n) is 4.40. The van der Waals surface area contributed by atoms with Gasteiger partial charge in [-0.05, 0) is 48.9 Å². The Morgan fingerprint density at radius 3 is 2.42 bits per heavy atom. The van der Waals surface area contributed by atoms with E-state index in [4.69, 9.17) is 0 Å². The fourth-order valence-electron chi connectivity index (χ4n) is 2.03. The van der Waals surface area contributed by atoms with Crippen LogP contribution in [0.3, 0.4) is 0 Å². The van der Waals surface area contributed by atoms with Crippen molar-refractivity contribution in [2.75, 3.05) is 7.05 Å². The van der Waals surface area contributed by atoms with E-state index < -0.39 is 0 Å². The largest absolute Gasteiger partial charge is 0.309 e. The van der Waals surface area contributed by atoms with Gasteiger partial charge in [-0.25, -0.2) is 4.39 Å². The third-order valence-corrected chi connectivity index (χ3v) is 4.27. The van der Waals surface area contributed by atoms with Gasteiger partial charge in [0.1, 0.15) is 5.82 Å². The number of halogens is 3. The molecule has 0 saturated heterocycles. The summed E-state index contributed by atoms with van der Waals surface area (Å²) in [5, 5.41) is 3.23. The Labute approximate surface area is 129 Å². The van der Waals surface area contributed by atoms with Crippen molar-refractivity contribution >= 4 is 31.9 Å². The van der Waals surface area contributed by atoms with Crippen LogP contribution in [-0.2, 0) is 0 Å². The van der Waals surface area contributed by atoms with Gasteiger partial charge in [0.15, 0.2) is 0 Å². The SMILES string of the molecule is CNC(c1ccc(C)c(F)c1)c1ccc(Br)cc1Br. The van der Waals surface area contributed by atoms with Crippen LogP contribution in [0.4, 0.5) is 4.39 Å². The molecule has 0 aliphatic heterocycles. The van der Waals surface area contributed by atoms with E-state index in [-0.39, 0.29) is 11.9 Å². The van der Waals surface area contributed by atoms with E-state index >= 15 is 0 Å². The summed E-state index contributed by atoms with van der Waals surface area (Å²) in [6.45, 7) is 1.77. The summed E-state index contributed by atoms with van der Waals surface area (Å²) in [5.74, 6) is -0.175. The highest BCUT2D eigenvalue weighted by molar-refractivity contribution is 9.11. The third-order valence-electron chi connectivity index (χ3n) is 3.09. The first-order valence-electron chi connectivity index (χ1n) is 5.91. The van der Waals surface area contributed by atoms with Gasteiger partial charge in [0, 0.05) is 8.95 Å². The van der Waals surface area contributed by atoms with Gasteiger partial charge in [-0.1, -0.05) is 50.1 Å². The molecular formula is C15H14Br2FN. The van der Waals surface area contributed by atoms with Crippen LogP contribution in [0, 0.1) is 12.7 Å². The predicted octanol–water partition coefficient (Wildman–Crippen LogP) is 4.97. The van der Waals surface area contributed by atoms with Gasteiger partial charge < -0.3 is 5.32 Å². The zero-order chi connectivity index (χ0) is 14.0. The quantitative estimate of drug-likeness (QED) is 0.785. The molecule has 1 unspecified atom stereocenters. The first-order valence-corrected chi connectivity index (χ1v) is 7.50. The van der Waals surface area contributed by atoms with E-state index in [1.165, 1.54) is 0 Å². The van der Waals surface area contributed by atoms with Gasteiger partial charge in [-0.3, -0.25) is 0 Å². The first kappa shape index (κ1) is 14.7. The van der Waals surface area contributed by atoms with Crippen molar-refractivity contribution in [1.29, 1.82) is 0 Å². The van der Waals surface area contributed by atoms with Gasteiger partial charge in [-0.2, -0.15) is 0 Å². The fourth-order valence-corrected chi connectivity index (χ4v) is 3.30. The summed E-state index contributed by atoms with van der Waals surface area (Å²) < 4.78 is 15.7. The highest BCUT2D eigenvalue weighted by atomic mass is 79.9. The lowest BCUT2D eigenvalue weighted by Crippen LogP contribution is -2.18. The Hall–Kier alpha value is -0.710. The van der Waals surface area contributed by atoms with E-state index in [1.807, 2.05) is 37.4 Å². The molecule has 0 aromatic heterocycles. The second kappa shape index (κ2) is 6.16. The van der Waals surface area contributed by atoms with Crippen LogP contribution in [0.1, 0.15) is 22.7 Å². The second-order valence-corrected chi connectivity index (χ2v) is 6.17. The van der Waals surface area contributed by atoms with Gasteiger partial charge >= 0.3 is 0 Å². The van der Waals surface area contributed by atoms with Crippen molar-refractivity contribution in [3.63, 3.8) is 0 Å². The Morgan fingerprint density at radius 2 is 1.84 bits per heavy atom. The fraction of sp³-hybridized carbons (Fsp3) is 0.200. The molecule has 2 aromatic carbocycles. The summed E-state index contributed by atoms with van der Waals surface area (Å²) in [7, 11) is 1.87.